The quantitative estimate of drug-likeness (QED) is 0.342. The highest BCUT2D eigenvalue weighted by atomic mass is 35.5. The van der Waals surface area contributed by atoms with Gasteiger partial charge < -0.3 is 24.3 Å². The number of halogens is 2. The van der Waals surface area contributed by atoms with E-state index in [1.54, 1.807) is 0 Å². The zero-order chi connectivity index (χ0) is 30.3. The Balaban J connectivity index is 1.35. The number of amides is 1. The number of nitrogens with zero attached hydrogens (tertiary/aromatic N) is 7. The molecule has 2 fully saturated rings. The molecule has 1 saturated carbocycles. The zero-order valence-corrected chi connectivity index (χ0v) is 25.3. The molecule has 1 aromatic heterocycles. The number of carbonyl (C=O) groups excluding carboxylic acids is 1. The molecular formula is C32H35ClFN7O2. The summed E-state index contributed by atoms with van der Waals surface area (Å²) in [6.07, 6.45) is 2.88. The number of piperazine rings is 1. The highest BCUT2D eigenvalue weighted by molar-refractivity contribution is 6.36. The second-order valence-corrected chi connectivity index (χ2v) is 12.2. The maximum atomic E-state index is 13.8. The molecule has 1 amide bonds. The van der Waals surface area contributed by atoms with Crippen LogP contribution < -0.4 is 14.5 Å². The van der Waals surface area contributed by atoms with Crippen molar-refractivity contribution in [3.05, 3.63) is 65.1 Å². The van der Waals surface area contributed by atoms with Crippen LogP contribution in [0.2, 0.25) is 5.02 Å². The lowest BCUT2D eigenvalue weighted by Gasteiger charge is -2.42. The van der Waals surface area contributed by atoms with Gasteiger partial charge in [-0.1, -0.05) is 42.4 Å². The van der Waals surface area contributed by atoms with Gasteiger partial charge in [0.1, 0.15) is 12.4 Å². The molecule has 0 radical (unpaired) electrons. The Bertz CT molecular complexity index is 1610. The molecule has 6 rings (SSSR count). The average Bonchev–Trinajstić information content (AvgIpc) is 3.80. The summed E-state index contributed by atoms with van der Waals surface area (Å²) in [7, 11) is 4.12. The predicted molar refractivity (Wildman–Crippen MR) is 165 cm³/mol. The molecule has 3 aliphatic rings. The van der Waals surface area contributed by atoms with Gasteiger partial charge in [0.2, 0.25) is 0 Å². The van der Waals surface area contributed by atoms with Crippen molar-refractivity contribution in [1.82, 2.24) is 19.8 Å². The average molecular weight is 604 g/mol. The van der Waals surface area contributed by atoms with Crippen molar-refractivity contribution >= 4 is 39.8 Å². The van der Waals surface area contributed by atoms with Gasteiger partial charge in [-0.15, -0.1) is 0 Å². The van der Waals surface area contributed by atoms with Gasteiger partial charge in [0, 0.05) is 42.8 Å². The smallest absolute Gasteiger partial charge is 0.318 e. The number of anilines is 2. The van der Waals surface area contributed by atoms with Crippen LogP contribution in [0.15, 0.2) is 48.8 Å². The predicted octanol–water partition coefficient (Wildman–Crippen LogP) is 4.73. The molecule has 0 N–H and O–H groups in total. The number of carbonyl (C=O) groups is 1. The van der Waals surface area contributed by atoms with Crippen LogP contribution in [0.5, 0.6) is 6.01 Å². The highest BCUT2D eigenvalue weighted by Gasteiger charge is 2.46. The third-order valence-electron chi connectivity index (χ3n) is 9.04. The van der Waals surface area contributed by atoms with E-state index < -0.39 is 17.8 Å². The molecule has 43 heavy (non-hydrogen) atoms. The summed E-state index contributed by atoms with van der Waals surface area (Å²) >= 11 is 6.68. The molecule has 1 saturated heterocycles. The van der Waals surface area contributed by atoms with Crippen LogP contribution in [0.25, 0.3) is 10.8 Å². The van der Waals surface area contributed by atoms with E-state index in [0.717, 1.165) is 52.9 Å². The molecular weight excluding hydrogens is 569 g/mol. The summed E-state index contributed by atoms with van der Waals surface area (Å²) in [5, 5.41) is 12.3. The number of hydrogen-bond acceptors (Lipinski definition) is 8. The van der Waals surface area contributed by atoms with E-state index >= 15 is 0 Å². The van der Waals surface area contributed by atoms with Crippen molar-refractivity contribution < 1.29 is 13.9 Å². The standard InChI is InChI=1S/C32H35ClFN7O2/c1-21(34)30(42)41-17-16-40(18-23(41)10-14-35)29-24-11-15-39(27-9-5-7-22-6-4-8-25(33)28(22)27)19-26(24)36-31(37-29)43-20-32(12-13-32)38(2)3/h4-9,23H,1,10-13,15-20H2,2-3H3/t23-/m0/s1. The molecule has 2 aromatic carbocycles. The number of benzene rings is 2. The normalized spacial score (nSPS) is 19.3. The molecule has 0 bridgehead atoms. The molecule has 0 unspecified atom stereocenters. The van der Waals surface area contributed by atoms with Crippen molar-refractivity contribution in [2.45, 2.75) is 43.8 Å². The van der Waals surface area contributed by atoms with Crippen LogP contribution in [0.3, 0.4) is 0 Å². The maximum absolute atomic E-state index is 13.8. The Kier molecular flexibility index (Phi) is 7.88. The van der Waals surface area contributed by atoms with E-state index in [9.17, 15) is 14.4 Å². The van der Waals surface area contributed by atoms with Gasteiger partial charge in [-0.3, -0.25) is 4.79 Å². The van der Waals surface area contributed by atoms with E-state index in [4.69, 9.17) is 26.3 Å². The Morgan fingerprint density at radius 2 is 1.95 bits per heavy atom. The SMILES string of the molecule is C=C(F)C(=O)N1CCN(c2nc(OCC3(N(C)C)CC3)nc3c2CCN(c2cccc4cccc(Cl)c24)C3)C[C@@H]1CC#N. The second kappa shape index (κ2) is 11.6. The fourth-order valence-corrected chi connectivity index (χ4v) is 6.55. The van der Waals surface area contributed by atoms with E-state index in [1.165, 1.54) is 4.90 Å². The first kappa shape index (κ1) is 29.1. The molecule has 3 aromatic rings. The Labute approximate surface area is 256 Å². The number of hydrogen-bond donors (Lipinski definition) is 0. The third kappa shape index (κ3) is 5.59. The van der Waals surface area contributed by atoms with Crippen molar-refractivity contribution in [3.8, 4) is 12.1 Å². The molecule has 11 heteroatoms. The molecule has 1 aliphatic carbocycles. The summed E-state index contributed by atoms with van der Waals surface area (Å²) in [6.45, 7) is 5.99. The second-order valence-electron chi connectivity index (χ2n) is 11.8. The summed E-state index contributed by atoms with van der Waals surface area (Å²) < 4.78 is 20.1. The number of ether oxygens (including phenoxy) is 1. The van der Waals surface area contributed by atoms with Gasteiger partial charge in [-0.05, 0) is 50.9 Å². The van der Waals surface area contributed by atoms with Crippen molar-refractivity contribution in [1.29, 1.82) is 5.26 Å². The largest absolute Gasteiger partial charge is 0.461 e. The molecule has 1 atom stereocenters. The first-order valence-electron chi connectivity index (χ1n) is 14.6. The van der Waals surface area contributed by atoms with Crippen molar-refractivity contribution in [2.75, 3.05) is 56.7 Å². The van der Waals surface area contributed by atoms with Gasteiger partial charge >= 0.3 is 6.01 Å². The van der Waals surface area contributed by atoms with Gasteiger partial charge in [-0.2, -0.15) is 15.2 Å². The van der Waals surface area contributed by atoms with Crippen LogP contribution in [0.4, 0.5) is 15.9 Å². The van der Waals surface area contributed by atoms with E-state index in [1.807, 2.05) is 18.2 Å². The van der Waals surface area contributed by atoms with E-state index in [2.05, 4.69) is 59.6 Å². The number of aromatic nitrogens is 2. The van der Waals surface area contributed by atoms with Gasteiger partial charge in [0.25, 0.3) is 5.91 Å². The molecule has 0 spiro atoms. The number of fused-ring (bicyclic) bond motifs is 2. The number of likely N-dealkylation sites (N-methyl/N-ethyl adjacent to an activating group) is 1. The van der Waals surface area contributed by atoms with Gasteiger partial charge in [0.15, 0.2) is 5.83 Å². The zero-order valence-electron chi connectivity index (χ0n) is 24.5. The molecule has 2 aliphatic heterocycles. The van der Waals surface area contributed by atoms with Gasteiger partial charge in [-0.25, -0.2) is 4.39 Å². The minimum Gasteiger partial charge on any atom is -0.461 e. The van der Waals surface area contributed by atoms with Crippen LogP contribution in [-0.2, 0) is 17.8 Å². The first-order valence-corrected chi connectivity index (χ1v) is 15.0. The van der Waals surface area contributed by atoms with Crippen LogP contribution in [0, 0.1) is 11.3 Å². The van der Waals surface area contributed by atoms with E-state index in [-0.39, 0.29) is 18.5 Å². The molecule has 9 nitrogen and oxygen atoms in total. The van der Waals surface area contributed by atoms with Crippen molar-refractivity contribution in [2.24, 2.45) is 0 Å². The Morgan fingerprint density at radius 1 is 1.19 bits per heavy atom. The lowest BCUT2D eigenvalue weighted by atomic mass is 10.0. The van der Waals surface area contributed by atoms with E-state index in [0.29, 0.717) is 43.7 Å². The van der Waals surface area contributed by atoms with Gasteiger partial charge in [0.05, 0.1) is 41.3 Å². The molecule has 3 heterocycles. The Morgan fingerprint density at radius 3 is 2.65 bits per heavy atom. The third-order valence-corrected chi connectivity index (χ3v) is 9.36. The fraction of sp³-hybridized carbons (Fsp3) is 0.438. The number of nitriles is 1. The summed E-state index contributed by atoms with van der Waals surface area (Å²) in [6, 6.07) is 14.1. The first-order chi connectivity index (χ1) is 20.7. The Hall–Kier alpha value is -3.94. The highest BCUT2D eigenvalue weighted by Crippen LogP contribution is 2.41. The lowest BCUT2D eigenvalue weighted by molar-refractivity contribution is -0.131. The van der Waals surface area contributed by atoms with Crippen LogP contribution >= 0.6 is 11.6 Å². The summed E-state index contributed by atoms with van der Waals surface area (Å²) in [4.78, 5) is 30.3. The lowest BCUT2D eigenvalue weighted by Crippen LogP contribution is -2.55. The van der Waals surface area contributed by atoms with Crippen LogP contribution in [0.1, 0.15) is 30.5 Å². The minimum atomic E-state index is -1.02. The maximum Gasteiger partial charge on any atom is 0.318 e. The molecule has 224 valence electrons. The summed E-state index contributed by atoms with van der Waals surface area (Å²) in [5.74, 6) is -1.04. The summed E-state index contributed by atoms with van der Waals surface area (Å²) in [5.41, 5.74) is 2.93. The van der Waals surface area contributed by atoms with Crippen LogP contribution in [-0.4, -0.2) is 84.1 Å². The topological polar surface area (TPSA) is 88.8 Å². The van der Waals surface area contributed by atoms with Crippen molar-refractivity contribution in [3.63, 3.8) is 0 Å². The number of rotatable bonds is 8. The fourth-order valence-electron chi connectivity index (χ4n) is 6.27. The monoisotopic (exact) mass is 603 g/mol. The minimum absolute atomic E-state index is 0.0101.